The number of halogens is 2. The molecule has 0 aliphatic heterocycles. The number of nitrogens with zero attached hydrogens (tertiary/aromatic N) is 3. The number of hydrogen-bond acceptors (Lipinski definition) is 4. The molecule has 0 unspecified atom stereocenters. The van der Waals surface area contributed by atoms with Gasteiger partial charge in [0.05, 0.1) is 5.41 Å². The third kappa shape index (κ3) is 5.43. The summed E-state index contributed by atoms with van der Waals surface area (Å²) < 4.78 is 8.39. The molecule has 6 heteroatoms. The summed E-state index contributed by atoms with van der Waals surface area (Å²) in [5.74, 6) is 0.947. The van der Waals surface area contributed by atoms with E-state index in [9.17, 15) is 0 Å². The minimum atomic E-state index is -0.521. The molecule has 0 fully saturated rings. The fourth-order valence-electron chi connectivity index (χ4n) is 7.42. The first-order valence-electron chi connectivity index (χ1n) is 16.7. The van der Waals surface area contributed by atoms with Gasteiger partial charge in [-0.1, -0.05) is 123 Å². The molecule has 1 aliphatic rings. The van der Waals surface area contributed by atoms with E-state index in [2.05, 4.69) is 199 Å². The van der Waals surface area contributed by atoms with Crippen molar-refractivity contribution in [1.82, 2.24) is 10.2 Å². The molecule has 1 heterocycles. The van der Waals surface area contributed by atoms with Crippen molar-refractivity contribution >= 4 is 48.9 Å². The molecule has 0 spiro atoms. The lowest BCUT2D eigenvalue weighted by molar-refractivity contribution is 0.584. The first-order chi connectivity index (χ1) is 25.1. The van der Waals surface area contributed by atoms with Crippen molar-refractivity contribution in [2.75, 3.05) is 4.90 Å². The van der Waals surface area contributed by atoms with Crippen LogP contribution in [-0.4, -0.2) is 10.2 Å². The monoisotopic (exact) mass is 785 g/mol. The molecule has 0 N–H and O–H groups in total. The van der Waals surface area contributed by atoms with Gasteiger partial charge in [0.2, 0.25) is 11.8 Å². The van der Waals surface area contributed by atoms with Gasteiger partial charge in [-0.05, 0) is 118 Å². The highest BCUT2D eigenvalue weighted by atomic mass is 79.9. The first kappa shape index (κ1) is 31.4. The van der Waals surface area contributed by atoms with Gasteiger partial charge in [0, 0.05) is 37.1 Å². The topological polar surface area (TPSA) is 42.2 Å². The summed E-state index contributed by atoms with van der Waals surface area (Å²) in [6.07, 6.45) is 0. The number of fused-ring (bicyclic) bond motifs is 3. The SMILES string of the molecule is Brc1ccc2c(c1)C(c1ccccc1)(c1ccc(-c3nnc(-c4ccc(N(c5ccccc5)c5ccccc5)cc4)o3)cc1)c1cc(Br)ccc1-2. The Morgan fingerprint density at radius 3 is 1.33 bits per heavy atom. The molecule has 0 amide bonds. The maximum absolute atomic E-state index is 6.30. The predicted molar refractivity (Wildman–Crippen MR) is 213 cm³/mol. The number of rotatable bonds is 7. The van der Waals surface area contributed by atoms with Crippen molar-refractivity contribution in [1.29, 1.82) is 0 Å². The fraction of sp³-hybridized carbons (Fsp3) is 0.0222. The Morgan fingerprint density at radius 1 is 0.431 bits per heavy atom. The molecular formula is C45H29Br2N3O. The maximum Gasteiger partial charge on any atom is 0.248 e. The molecule has 1 aliphatic carbocycles. The van der Waals surface area contributed by atoms with Crippen molar-refractivity contribution in [2.24, 2.45) is 0 Å². The molecule has 4 nitrogen and oxygen atoms in total. The zero-order chi connectivity index (χ0) is 34.4. The third-order valence-electron chi connectivity index (χ3n) is 9.66. The second-order valence-corrected chi connectivity index (χ2v) is 14.4. The molecule has 7 aromatic carbocycles. The van der Waals surface area contributed by atoms with Crippen LogP contribution in [0.15, 0.2) is 189 Å². The number of aromatic nitrogens is 2. The summed E-state index contributed by atoms with van der Waals surface area (Å²) in [6.45, 7) is 0. The smallest absolute Gasteiger partial charge is 0.248 e. The molecule has 0 saturated heterocycles. The van der Waals surface area contributed by atoms with Crippen LogP contribution in [0.1, 0.15) is 22.3 Å². The predicted octanol–water partition coefficient (Wildman–Crippen LogP) is 12.8. The summed E-state index contributed by atoms with van der Waals surface area (Å²) >= 11 is 7.56. The summed E-state index contributed by atoms with van der Waals surface area (Å²) in [7, 11) is 0. The summed E-state index contributed by atoms with van der Waals surface area (Å²) in [4.78, 5) is 2.23. The van der Waals surface area contributed by atoms with Crippen LogP contribution in [0, 0.1) is 0 Å². The summed E-state index contributed by atoms with van der Waals surface area (Å²) in [5, 5.41) is 8.93. The highest BCUT2D eigenvalue weighted by Gasteiger charge is 2.46. The van der Waals surface area contributed by atoms with Gasteiger partial charge in [0.15, 0.2) is 0 Å². The highest BCUT2D eigenvalue weighted by Crippen LogP contribution is 2.57. The molecule has 244 valence electrons. The molecule has 9 rings (SSSR count). The molecule has 8 aromatic rings. The van der Waals surface area contributed by atoms with Crippen LogP contribution in [0.2, 0.25) is 0 Å². The van der Waals surface area contributed by atoms with Crippen LogP contribution < -0.4 is 4.90 Å². The van der Waals surface area contributed by atoms with Gasteiger partial charge in [-0.15, -0.1) is 10.2 Å². The Balaban J connectivity index is 1.07. The number of para-hydroxylation sites is 2. The van der Waals surface area contributed by atoms with E-state index in [1.54, 1.807) is 0 Å². The Hall–Kier alpha value is -5.56. The van der Waals surface area contributed by atoms with Crippen LogP contribution in [0.5, 0.6) is 0 Å². The van der Waals surface area contributed by atoms with Crippen molar-refractivity contribution in [2.45, 2.75) is 5.41 Å². The van der Waals surface area contributed by atoms with Gasteiger partial charge >= 0.3 is 0 Å². The summed E-state index contributed by atoms with van der Waals surface area (Å²) in [5.41, 5.74) is 11.7. The quantitative estimate of drug-likeness (QED) is 0.161. The average molecular weight is 788 g/mol. The Morgan fingerprint density at radius 2 is 0.843 bits per heavy atom. The molecule has 1 aromatic heterocycles. The average Bonchev–Trinajstić information content (AvgIpc) is 3.78. The van der Waals surface area contributed by atoms with E-state index >= 15 is 0 Å². The van der Waals surface area contributed by atoms with Crippen LogP contribution in [0.4, 0.5) is 17.1 Å². The largest absolute Gasteiger partial charge is 0.416 e. The lowest BCUT2D eigenvalue weighted by atomic mass is 9.67. The number of anilines is 3. The van der Waals surface area contributed by atoms with E-state index in [1.807, 2.05) is 24.3 Å². The molecule has 0 atom stereocenters. The summed E-state index contributed by atoms with van der Waals surface area (Å²) in [6, 6.07) is 61.5. The Bertz CT molecular complexity index is 2390. The Kier molecular flexibility index (Phi) is 7.99. The Labute approximate surface area is 313 Å². The molecule has 0 radical (unpaired) electrons. The van der Waals surface area contributed by atoms with Crippen molar-refractivity contribution in [3.63, 3.8) is 0 Å². The fourth-order valence-corrected chi connectivity index (χ4v) is 8.14. The second-order valence-electron chi connectivity index (χ2n) is 12.5. The van der Waals surface area contributed by atoms with Crippen LogP contribution in [0.3, 0.4) is 0 Å². The van der Waals surface area contributed by atoms with E-state index in [-0.39, 0.29) is 0 Å². The van der Waals surface area contributed by atoms with E-state index in [4.69, 9.17) is 4.42 Å². The van der Waals surface area contributed by atoms with Crippen molar-refractivity contribution in [3.8, 4) is 34.0 Å². The zero-order valence-electron chi connectivity index (χ0n) is 27.2. The zero-order valence-corrected chi connectivity index (χ0v) is 30.4. The van der Waals surface area contributed by atoms with Crippen LogP contribution >= 0.6 is 31.9 Å². The van der Waals surface area contributed by atoms with Crippen molar-refractivity contribution < 1.29 is 4.42 Å². The minimum absolute atomic E-state index is 0.473. The minimum Gasteiger partial charge on any atom is -0.416 e. The first-order valence-corrected chi connectivity index (χ1v) is 18.3. The third-order valence-corrected chi connectivity index (χ3v) is 10.6. The second kappa shape index (κ2) is 13.0. The van der Waals surface area contributed by atoms with Gasteiger partial charge in [-0.2, -0.15) is 0 Å². The van der Waals surface area contributed by atoms with Gasteiger partial charge in [-0.25, -0.2) is 0 Å². The highest BCUT2D eigenvalue weighted by molar-refractivity contribution is 9.10. The van der Waals surface area contributed by atoms with Crippen LogP contribution in [-0.2, 0) is 5.41 Å². The molecule has 0 saturated carbocycles. The molecular weight excluding hydrogens is 758 g/mol. The van der Waals surface area contributed by atoms with Gasteiger partial charge in [0.1, 0.15) is 0 Å². The van der Waals surface area contributed by atoms with E-state index in [1.165, 1.54) is 27.8 Å². The number of benzene rings is 7. The van der Waals surface area contributed by atoms with E-state index in [0.717, 1.165) is 42.7 Å². The lowest BCUT2D eigenvalue weighted by Gasteiger charge is -2.34. The number of hydrogen-bond donors (Lipinski definition) is 0. The lowest BCUT2D eigenvalue weighted by Crippen LogP contribution is -2.28. The van der Waals surface area contributed by atoms with Gasteiger partial charge < -0.3 is 9.32 Å². The van der Waals surface area contributed by atoms with E-state index < -0.39 is 5.41 Å². The van der Waals surface area contributed by atoms with Gasteiger partial charge in [-0.3, -0.25) is 0 Å². The van der Waals surface area contributed by atoms with Crippen LogP contribution in [0.25, 0.3) is 34.0 Å². The van der Waals surface area contributed by atoms with Crippen molar-refractivity contribution in [3.05, 3.63) is 207 Å². The maximum atomic E-state index is 6.30. The normalized spacial score (nSPS) is 12.7. The standard InChI is InChI=1S/C45H29Br2N3O/c46-34-22-26-39-40-27-23-35(47)29-42(40)45(41(39)28-34,32-10-4-1-5-11-32)33-20-16-30(17-21-33)43-48-49-44(51-43)31-18-24-38(25-19-31)50(36-12-6-2-7-13-36)37-14-8-3-9-15-37/h1-29H. The van der Waals surface area contributed by atoms with Gasteiger partial charge in [0.25, 0.3) is 0 Å². The van der Waals surface area contributed by atoms with E-state index in [0.29, 0.717) is 11.8 Å². The molecule has 0 bridgehead atoms. The molecule has 51 heavy (non-hydrogen) atoms.